The van der Waals surface area contributed by atoms with Gasteiger partial charge in [-0.05, 0) is 44.0 Å². The Kier molecular flexibility index (Phi) is 7.41. The van der Waals surface area contributed by atoms with Gasteiger partial charge in [0.15, 0.2) is 18.1 Å². The molecule has 0 aliphatic carbocycles. The number of amides is 1. The SMILES string of the molecule is CCCC(NC(=O)COC(=O)c1nc(-n2nc(C)cc2C)ccc1Cl)c1ccccc1. The molecule has 0 aliphatic rings. The second-order valence-electron chi connectivity index (χ2n) is 7.23. The number of hydrogen-bond donors (Lipinski definition) is 1. The number of nitrogens with zero attached hydrogens (tertiary/aromatic N) is 3. The van der Waals surface area contributed by atoms with Crippen molar-refractivity contribution in [1.29, 1.82) is 0 Å². The monoisotopic (exact) mass is 440 g/mol. The third kappa shape index (κ3) is 5.70. The Balaban J connectivity index is 1.67. The fourth-order valence-electron chi connectivity index (χ4n) is 3.29. The molecule has 0 saturated carbocycles. The molecule has 3 aromatic rings. The Bertz CT molecular complexity index is 1070. The maximum atomic E-state index is 12.5. The molecule has 162 valence electrons. The molecule has 0 bridgehead atoms. The van der Waals surface area contributed by atoms with Crippen LogP contribution in [0.4, 0.5) is 0 Å². The van der Waals surface area contributed by atoms with E-state index in [9.17, 15) is 9.59 Å². The second kappa shape index (κ2) is 10.2. The first kappa shape index (κ1) is 22.5. The van der Waals surface area contributed by atoms with Crippen molar-refractivity contribution in [2.24, 2.45) is 0 Å². The number of aromatic nitrogens is 3. The van der Waals surface area contributed by atoms with E-state index in [1.165, 1.54) is 0 Å². The average Bonchev–Trinajstić information content (AvgIpc) is 3.10. The lowest BCUT2D eigenvalue weighted by atomic mass is 10.0. The van der Waals surface area contributed by atoms with Crippen molar-refractivity contribution >= 4 is 23.5 Å². The Labute approximate surface area is 186 Å². The van der Waals surface area contributed by atoms with E-state index in [1.807, 2.05) is 57.2 Å². The lowest BCUT2D eigenvalue weighted by Crippen LogP contribution is -2.32. The highest BCUT2D eigenvalue weighted by Crippen LogP contribution is 2.20. The van der Waals surface area contributed by atoms with Gasteiger partial charge in [-0.3, -0.25) is 4.79 Å². The molecular formula is C23H25ClN4O3. The maximum Gasteiger partial charge on any atom is 0.359 e. The van der Waals surface area contributed by atoms with Crippen LogP contribution in [0.5, 0.6) is 0 Å². The number of ether oxygens (including phenoxy) is 1. The van der Waals surface area contributed by atoms with Gasteiger partial charge in [0, 0.05) is 5.69 Å². The summed E-state index contributed by atoms with van der Waals surface area (Å²) in [6.45, 7) is 5.38. The van der Waals surface area contributed by atoms with Gasteiger partial charge < -0.3 is 10.1 Å². The second-order valence-corrected chi connectivity index (χ2v) is 7.64. The summed E-state index contributed by atoms with van der Waals surface area (Å²) >= 11 is 6.15. The van der Waals surface area contributed by atoms with E-state index in [0.717, 1.165) is 29.8 Å². The highest BCUT2D eigenvalue weighted by molar-refractivity contribution is 6.33. The van der Waals surface area contributed by atoms with Crippen molar-refractivity contribution in [2.45, 2.75) is 39.7 Å². The Hall–Kier alpha value is -3.19. The van der Waals surface area contributed by atoms with Gasteiger partial charge in [0.05, 0.1) is 16.8 Å². The van der Waals surface area contributed by atoms with Crippen LogP contribution in [-0.4, -0.2) is 33.2 Å². The van der Waals surface area contributed by atoms with Crippen LogP contribution in [0, 0.1) is 13.8 Å². The first-order valence-electron chi connectivity index (χ1n) is 10.1. The Morgan fingerprint density at radius 2 is 1.90 bits per heavy atom. The van der Waals surface area contributed by atoms with E-state index in [0.29, 0.717) is 5.82 Å². The number of aryl methyl sites for hydroxylation is 2. The van der Waals surface area contributed by atoms with Gasteiger partial charge in [-0.25, -0.2) is 14.5 Å². The zero-order valence-electron chi connectivity index (χ0n) is 17.8. The predicted molar refractivity (Wildman–Crippen MR) is 118 cm³/mol. The average molecular weight is 441 g/mol. The molecule has 1 aromatic carbocycles. The topological polar surface area (TPSA) is 86.1 Å². The molecule has 0 aliphatic heterocycles. The summed E-state index contributed by atoms with van der Waals surface area (Å²) in [6.07, 6.45) is 1.68. The zero-order valence-corrected chi connectivity index (χ0v) is 18.5. The number of nitrogens with one attached hydrogen (secondary N) is 1. The number of hydrogen-bond acceptors (Lipinski definition) is 5. The summed E-state index contributed by atoms with van der Waals surface area (Å²) in [4.78, 5) is 29.2. The van der Waals surface area contributed by atoms with Crippen LogP contribution in [0.3, 0.4) is 0 Å². The predicted octanol–water partition coefficient (Wildman–Crippen LogP) is 4.35. The van der Waals surface area contributed by atoms with Crippen LogP contribution >= 0.6 is 11.6 Å². The highest BCUT2D eigenvalue weighted by atomic mass is 35.5. The molecule has 0 fully saturated rings. The normalized spacial score (nSPS) is 11.7. The van der Waals surface area contributed by atoms with Gasteiger partial charge >= 0.3 is 5.97 Å². The van der Waals surface area contributed by atoms with Crippen molar-refractivity contribution in [3.05, 3.63) is 76.2 Å². The summed E-state index contributed by atoms with van der Waals surface area (Å²) in [5.41, 5.74) is 2.64. The quantitative estimate of drug-likeness (QED) is 0.526. The van der Waals surface area contributed by atoms with Gasteiger partial charge in [-0.2, -0.15) is 5.10 Å². The van der Waals surface area contributed by atoms with Crippen LogP contribution in [-0.2, 0) is 9.53 Å². The van der Waals surface area contributed by atoms with Crippen molar-refractivity contribution in [3.8, 4) is 5.82 Å². The molecule has 7 nitrogen and oxygen atoms in total. The van der Waals surface area contributed by atoms with Gasteiger partial charge in [0.25, 0.3) is 5.91 Å². The zero-order chi connectivity index (χ0) is 22.4. The van der Waals surface area contributed by atoms with Gasteiger partial charge in [0.2, 0.25) is 0 Å². The molecule has 31 heavy (non-hydrogen) atoms. The molecule has 2 heterocycles. The molecule has 0 radical (unpaired) electrons. The molecule has 2 aromatic heterocycles. The van der Waals surface area contributed by atoms with E-state index >= 15 is 0 Å². The Morgan fingerprint density at radius 3 is 2.55 bits per heavy atom. The van der Waals surface area contributed by atoms with Crippen LogP contribution in [0.2, 0.25) is 5.02 Å². The smallest absolute Gasteiger partial charge is 0.359 e. The lowest BCUT2D eigenvalue weighted by Gasteiger charge is -2.18. The largest absolute Gasteiger partial charge is 0.451 e. The number of halogens is 1. The van der Waals surface area contributed by atoms with Crippen molar-refractivity contribution in [2.75, 3.05) is 6.61 Å². The molecule has 1 atom stereocenters. The standard InChI is InChI=1S/C23H25ClN4O3/c1-4-8-19(17-9-6-5-7-10-17)25-21(29)14-31-23(30)22-18(24)11-12-20(26-22)28-16(3)13-15(2)27-28/h5-7,9-13,19H,4,8,14H2,1-3H3,(H,25,29). The first-order chi connectivity index (χ1) is 14.9. The van der Waals surface area contributed by atoms with Gasteiger partial charge in [0.1, 0.15) is 0 Å². The van der Waals surface area contributed by atoms with Crippen molar-refractivity contribution < 1.29 is 14.3 Å². The van der Waals surface area contributed by atoms with Crippen molar-refractivity contribution in [1.82, 2.24) is 20.1 Å². The number of benzene rings is 1. The van der Waals surface area contributed by atoms with E-state index < -0.39 is 12.6 Å². The van der Waals surface area contributed by atoms with Crippen LogP contribution in [0.25, 0.3) is 5.82 Å². The fourth-order valence-corrected chi connectivity index (χ4v) is 3.47. The summed E-state index contributed by atoms with van der Waals surface area (Å²) in [5, 5.41) is 7.42. The Morgan fingerprint density at radius 1 is 1.16 bits per heavy atom. The van der Waals surface area contributed by atoms with E-state index in [4.69, 9.17) is 16.3 Å². The highest BCUT2D eigenvalue weighted by Gasteiger charge is 2.19. The molecule has 1 amide bonds. The minimum Gasteiger partial charge on any atom is -0.451 e. The molecule has 8 heteroatoms. The molecule has 0 saturated heterocycles. The maximum absolute atomic E-state index is 12.5. The number of carbonyl (C=O) groups excluding carboxylic acids is 2. The van der Waals surface area contributed by atoms with E-state index in [2.05, 4.69) is 15.4 Å². The number of carbonyl (C=O) groups is 2. The van der Waals surface area contributed by atoms with Crippen LogP contribution < -0.4 is 5.32 Å². The number of rotatable bonds is 8. The minimum absolute atomic E-state index is 0.0623. The van der Waals surface area contributed by atoms with E-state index in [1.54, 1.807) is 16.8 Å². The summed E-state index contributed by atoms with van der Waals surface area (Å²) < 4.78 is 6.80. The minimum atomic E-state index is -0.768. The molecule has 3 rings (SSSR count). The summed E-state index contributed by atoms with van der Waals surface area (Å²) in [5.74, 6) is -0.713. The molecule has 1 N–H and O–H groups in total. The summed E-state index contributed by atoms with van der Waals surface area (Å²) in [7, 11) is 0. The number of esters is 1. The molecular weight excluding hydrogens is 416 g/mol. The number of pyridine rings is 1. The van der Waals surface area contributed by atoms with Gasteiger partial charge in [-0.15, -0.1) is 0 Å². The molecule has 0 spiro atoms. The third-order valence-corrected chi connectivity index (χ3v) is 5.01. The van der Waals surface area contributed by atoms with Crippen LogP contribution in [0.15, 0.2) is 48.5 Å². The van der Waals surface area contributed by atoms with Crippen molar-refractivity contribution in [3.63, 3.8) is 0 Å². The van der Waals surface area contributed by atoms with Crippen LogP contribution in [0.1, 0.15) is 53.2 Å². The first-order valence-corrected chi connectivity index (χ1v) is 10.5. The lowest BCUT2D eigenvalue weighted by molar-refractivity contribution is -0.125. The fraction of sp³-hybridized carbons (Fsp3) is 0.304. The third-order valence-electron chi connectivity index (χ3n) is 4.70. The van der Waals surface area contributed by atoms with E-state index in [-0.39, 0.29) is 22.7 Å². The summed E-state index contributed by atoms with van der Waals surface area (Å²) in [6, 6.07) is 14.7. The van der Waals surface area contributed by atoms with Gasteiger partial charge in [-0.1, -0.05) is 55.3 Å². The molecule has 1 unspecified atom stereocenters.